The van der Waals surface area contributed by atoms with Gasteiger partial charge in [0, 0.05) is 17.2 Å². The number of hydrogen-bond acceptors (Lipinski definition) is 3. The first kappa shape index (κ1) is 19.9. The average Bonchev–Trinajstić information content (AvgIpc) is 3.16. The molecule has 0 fully saturated rings. The van der Waals surface area contributed by atoms with Crippen LogP contribution in [0.25, 0.3) is 17.4 Å². The summed E-state index contributed by atoms with van der Waals surface area (Å²) in [6.45, 7) is 0. The van der Waals surface area contributed by atoms with Crippen molar-refractivity contribution in [2.75, 3.05) is 0 Å². The van der Waals surface area contributed by atoms with Crippen LogP contribution in [-0.2, 0) is 11.0 Å². The third kappa shape index (κ3) is 4.73. The molecule has 8 heteroatoms. The first-order chi connectivity index (χ1) is 13.8. The number of rotatable bonds is 5. The summed E-state index contributed by atoms with van der Waals surface area (Å²) < 4.78 is 44.9. The Bertz CT molecular complexity index is 1070. The lowest BCUT2D eigenvalue weighted by Crippen LogP contribution is -2.27. The van der Waals surface area contributed by atoms with Gasteiger partial charge in [-0.2, -0.15) is 13.2 Å². The second-order valence-corrected chi connectivity index (χ2v) is 5.93. The minimum absolute atomic E-state index is 0.0252. The highest BCUT2D eigenvalue weighted by molar-refractivity contribution is 6.02. The van der Waals surface area contributed by atoms with Crippen LogP contribution in [0.15, 0.2) is 76.8 Å². The highest BCUT2D eigenvalue weighted by Crippen LogP contribution is 2.37. The van der Waals surface area contributed by atoms with Gasteiger partial charge in [0.2, 0.25) is 0 Å². The standard InChI is InChI=1S/C21H14F3NO4/c22-21(23,24)16-9-5-4-8-15(16)18-11-10-14(29-18)12-17(20(27)28)25-19(26)13-6-2-1-3-7-13/h1-12H,(H,25,26)(H,27,28)/b17-12-. The van der Waals surface area contributed by atoms with Crippen molar-refractivity contribution >= 4 is 18.0 Å². The summed E-state index contributed by atoms with van der Waals surface area (Å²) in [6, 6.07) is 15.5. The fourth-order valence-electron chi connectivity index (χ4n) is 2.60. The van der Waals surface area contributed by atoms with Crippen LogP contribution >= 0.6 is 0 Å². The highest BCUT2D eigenvalue weighted by Gasteiger charge is 2.34. The van der Waals surface area contributed by atoms with Crippen LogP contribution in [0.1, 0.15) is 21.7 Å². The summed E-state index contributed by atoms with van der Waals surface area (Å²) in [6.07, 6.45) is -3.54. The van der Waals surface area contributed by atoms with Crippen LogP contribution in [0.5, 0.6) is 0 Å². The van der Waals surface area contributed by atoms with Gasteiger partial charge in [0.25, 0.3) is 5.91 Å². The second kappa shape index (κ2) is 8.05. The summed E-state index contributed by atoms with van der Waals surface area (Å²) in [5, 5.41) is 11.6. The lowest BCUT2D eigenvalue weighted by molar-refractivity contribution is -0.137. The number of carbonyl (C=O) groups is 2. The molecule has 1 amide bonds. The number of halogens is 3. The normalized spacial score (nSPS) is 11.9. The fourth-order valence-corrected chi connectivity index (χ4v) is 2.60. The van der Waals surface area contributed by atoms with E-state index in [2.05, 4.69) is 5.32 Å². The van der Waals surface area contributed by atoms with E-state index in [0.29, 0.717) is 0 Å². The van der Waals surface area contributed by atoms with Gasteiger partial charge < -0.3 is 14.8 Å². The fraction of sp³-hybridized carbons (Fsp3) is 0.0476. The molecule has 2 aromatic carbocycles. The zero-order valence-electron chi connectivity index (χ0n) is 14.7. The number of carboxylic acids is 1. The van der Waals surface area contributed by atoms with Crippen molar-refractivity contribution in [1.29, 1.82) is 0 Å². The first-order valence-electron chi connectivity index (χ1n) is 8.33. The van der Waals surface area contributed by atoms with Gasteiger partial charge in [-0.3, -0.25) is 4.79 Å². The number of alkyl halides is 3. The van der Waals surface area contributed by atoms with E-state index in [1.54, 1.807) is 18.2 Å². The van der Waals surface area contributed by atoms with Gasteiger partial charge in [-0.1, -0.05) is 36.4 Å². The van der Waals surface area contributed by atoms with Gasteiger partial charge in [-0.15, -0.1) is 0 Å². The summed E-state index contributed by atoms with van der Waals surface area (Å²) in [5.74, 6) is -2.18. The van der Waals surface area contributed by atoms with Crippen molar-refractivity contribution in [1.82, 2.24) is 5.32 Å². The van der Waals surface area contributed by atoms with Crippen LogP contribution in [0.3, 0.4) is 0 Å². The molecule has 0 atom stereocenters. The number of carboxylic acid groups (broad SMARTS) is 1. The maximum absolute atomic E-state index is 13.2. The molecule has 1 heterocycles. The van der Waals surface area contributed by atoms with Gasteiger partial charge >= 0.3 is 12.1 Å². The van der Waals surface area contributed by atoms with E-state index in [9.17, 15) is 27.9 Å². The number of benzene rings is 2. The van der Waals surface area contributed by atoms with Gasteiger partial charge in [-0.25, -0.2) is 4.79 Å². The highest BCUT2D eigenvalue weighted by atomic mass is 19.4. The quantitative estimate of drug-likeness (QED) is 0.601. The zero-order chi connectivity index (χ0) is 21.0. The van der Waals surface area contributed by atoms with Crippen molar-refractivity contribution in [2.45, 2.75) is 6.18 Å². The van der Waals surface area contributed by atoms with Crippen LogP contribution in [0.2, 0.25) is 0 Å². The SMILES string of the molecule is O=C(O)/C(=C/c1ccc(-c2ccccc2C(F)(F)F)o1)NC(=O)c1ccccc1. The van der Waals surface area contributed by atoms with E-state index in [4.69, 9.17) is 4.42 Å². The van der Waals surface area contributed by atoms with Crippen molar-refractivity contribution in [3.8, 4) is 11.3 Å². The van der Waals surface area contributed by atoms with Crippen molar-refractivity contribution in [3.63, 3.8) is 0 Å². The minimum atomic E-state index is -4.57. The predicted octanol–water partition coefficient (Wildman–Crippen LogP) is 4.82. The van der Waals surface area contributed by atoms with E-state index >= 15 is 0 Å². The molecule has 0 aliphatic heterocycles. The smallest absolute Gasteiger partial charge is 0.417 e. The van der Waals surface area contributed by atoms with E-state index < -0.39 is 29.3 Å². The molecule has 2 N–H and O–H groups in total. The van der Waals surface area contributed by atoms with E-state index in [1.807, 2.05) is 0 Å². The Kier molecular flexibility index (Phi) is 5.54. The molecule has 3 aromatic rings. The van der Waals surface area contributed by atoms with Crippen LogP contribution in [-0.4, -0.2) is 17.0 Å². The molecule has 0 spiro atoms. The molecule has 0 radical (unpaired) electrons. The van der Waals surface area contributed by atoms with E-state index in [1.165, 1.54) is 42.5 Å². The monoisotopic (exact) mass is 401 g/mol. The molecule has 0 aliphatic rings. The molecule has 1 aromatic heterocycles. The third-order valence-electron chi connectivity index (χ3n) is 3.93. The van der Waals surface area contributed by atoms with E-state index in [-0.39, 0.29) is 22.6 Å². The Labute approximate surface area is 163 Å². The number of furan rings is 1. The van der Waals surface area contributed by atoms with Crippen molar-refractivity contribution in [2.24, 2.45) is 0 Å². The van der Waals surface area contributed by atoms with Gasteiger partial charge in [0.05, 0.1) is 5.56 Å². The molecule has 0 saturated carbocycles. The van der Waals surface area contributed by atoms with Gasteiger partial charge in [0.15, 0.2) is 0 Å². The summed E-state index contributed by atoms with van der Waals surface area (Å²) in [5.41, 5.74) is -1.28. The number of amides is 1. The molecule has 29 heavy (non-hydrogen) atoms. The van der Waals surface area contributed by atoms with E-state index in [0.717, 1.165) is 12.1 Å². The lowest BCUT2D eigenvalue weighted by atomic mass is 10.1. The van der Waals surface area contributed by atoms with Crippen LogP contribution < -0.4 is 5.32 Å². The Morgan fingerprint density at radius 2 is 1.59 bits per heavy atom. The number of hydrogen-bond donors (Lipinski definition) is 2. The maximum Gasteiger partial charge on any atom is 0.417 e. The van der Waals surface area contributed by atoms with Crippen molar-refractivity contribution < 1.29 is 32.3 Å². The molecule has 0 aliphatic carbocycles. The second-order valence-electron chi connectivity index (χ2n) is 5.93. The zero-order valence-corrected chi connectivity index (χ0v) is 14.7. The van der Waals surface area contributed by atoms with Crippen LogP contribution in [0, 0.1) is 0 Å². The summed E-state index contributed by atoms with van der Waals surface area (Å²) >= 11 is 0. The molecular weight excluding hydrogens is 387 g/mol. The molecule has 0 bridgehead atoms. The Hall–Kier alpha value is -3.81. The Morgan fingerprint density at radius 3 is 2.24 bits per heavy atom. The summed E-state index contributed by atoms with van der Waals surface area (Å²) in [7, 11) is 0. The Balaban J connectivity index is 1.90. The van der Waals surface area contributed by atoms with Crippen LogP contribution in [0.4, 0.5) is 13.2 Å². The molecule has 0 saturated heterocycles. The molecule has 148 valence electrons. The average molecular weight is 401 g/mol. The minimum Gasteiger partial charge on any atom is -0.477 e. The largest absolute Gasteiger partial charge is 0.477 e. The number of aliphatic carboxylic acids is 1. The Morgan fingerprint density at radius 1 is 0.931 bits per heavy atom. The van der Waals surface area contributed by atoms with Gasteiger partial charge in [0.1, 0.15) is 17.2 Å². The summed E-state index contributed by atoms with van der Waals surface area (Å²) in [4.78, 5) is 23.6. The van der Waals surface area contributed by atoms with Gasteiger partial charge in [-0.05, 0) is 30.3 Å². The maximum atomic E-state index is 13.2. The molecule has 5 nitrogen and oxygen atoms in total. The molecular formula is C21H14F3NO4. The topological polar surface area (TPSA) is 79.5 Å². The first-order valence-corrected chi connectivity index (χ1v) is 8.33. The number of carbonyl (C=O) groups excluding carboxylic acids is 1. The predicted molar refractivity (Wildman–Crippen MR) is 98.7 cm³/mol. The third-order valence-corrected chi connectivity index (χ3v) is 3.93. The number of nitrogens with one attached hydrogen (secondary N) is 1. The molecule has 0 unspecified atom stereocenters. The van der Waals surface area contributed by atoms with Crippen molar-refractivity contribution in [3.05, 3.63) is 89.3 Å². The molecule has 3 rings (SSSR count). The lowest BCUT2D eigenvalue weighted by Gasteiger charge is -2.10.